The van der Waals surface area contributed by atoms with Crippen LogP contribution in [-0.4, -0.2) is 46.2 Å². The minimum atomic E-state index is -1.29. The number of carbonyl (C=O) groups is 3. The van der Waals surface area contributed by atoms with Crippen LogP contribution in [0.5, 0.6) is 5.75 Å². The Morgan fingerprint density at radius 3 is 2.54 bits per heavy atom. The molecule has 4 aromatic rings. The summed E-state index contributed by atoms with van der Waals surface area (Å²) in [5.41, 5.74) is 4.54. The maximum Gasteiger partial charge on any atom is 0.274 e. The molecule has 0 saturated heterocycles. The van der Waals surface area contributed by atoms with Gasteiger partial charge in [0.05, 0.1) is 6.04 Å². The number of aryl methyl sites for hydroxylation is 1. The first-order valence-electron chi connectivity index (χ1n) is 17.4. The Morgan fingerprint density at radius 2 is 1.74 bits per heavy atom. The van der Waals surface area contributed by atoms with E-state index in [0.717, 1.165) is 40.8 Å². The van der Waals surface area contributed by atoms with Crippen molar-refractivity contribution in [2.45, 2.75) is 82.8 Å². The van der Waals surface area contributed by atoms with Gasteiger partial charge < -0.3 is 35.5 Å². The first-order chi connectivity index (χ1) is 24.1. The number of carbonyl (C=O) groups excluding carboxylic acids is 3. The highest BCUT2D eigenvalue weighted by atomic mass is 16.5. The van der Waals surface area contributed by atoms with Crippen LogP contribution in [0.1, 0.15) is 96.2 Å². The number of hydrogen-bond acceptors (Lipinski definition) is 8. The first kappa shape index (κ1) is 32.1. The molecule has 6 atom stereocenters. The van der Waals surface area contributed by atoms with E-state index in [1.807, 2.05) is 74.5 Å². The molecule has 5 N–H and O–H groups in total. The molecule has 0 fully saturated rings. The second-order valence-electron chi connectivity index (χ2n) is 14.5. The average molecular weight is 676 g/mol. The van der Waals surface area contributed by atoms with E-state index in [-0.39, 0.29) is 41.8 Å². The second-order valence-corrected chi connectivity index (χ2v) is 14.5. The number of nitrogens with one attached hydrogen (secondary N) is 4. The lowest BCUT2D eigenvalue weighted by atomic mass is 9.72. The van der Waals surface area contributed by atoms with Crippen molar-refractivity contribution < 1.29 is 28.6 Å². The van der Waals surface area contributed by atoms with Gasteiger partial charge in [0.2, 0.25) is 17.7 Å². The summed E-state index contributed by atoms with van der Waals surface area (Å²) in [7, 11) is 0. The smallest absolute Gasteiger partial charge is 0.274 e. The summed E-state index contributed by atoms with van der Waals surface area (Å²) in [6.07, 6.45) is -0.167. The molecule has 1 aliphatic carbocycles. The van der Waals surface area contributed by atoms with E-state index in [1.165, 1.54) is 5.56 Å². The first-order valence-corrected chi connectivity index (χ1v) is 17.4. The number of fused-ring (bicyclic) bond motifs is 5. The van der Waals surface area contributed by atoms with Crippen LogP contribution in [0, 0.1) is 11.8 Å². The summed E-state index contributed by atoms with van der Waals surface area (Å²) in [5, 5.41) is 23.2. The molecule has 0 saturated carbocycles. The monoisotopic (exact) mass is 675 g/mol. The highest BCUT2D eigenvalue weighted by Crippen LogP contribution is 2.58. The van der Waals surface area contributed by atoms with Gasteiger partial charge in [0.25, 0.3) is 5.91 Å². The third-order valence-electron chi connectivity index (χ3n) is 10.6. The maximum absolute atomic E-state index is 14.5. The molecule has 4 heterocycles. The number of para-hydroxylation sites is 1. The van der Waals surface area contributed by atoms with Crippen molar-refractivity contribution in [2.24, 2.45) is 11.8 Å². The molecular formula is C39H41N5O6. The van der Waals surface area contributed by atoms with Gasteiger partial charge in [-0.15, -0.1) is 0 Å². The van der Waals surface area contributed by atoms with Crippen molar-refractivity contribution in [3.63, 3.8) is 0 Å². The maximum atomic E-state index is 14.5. The predicted molar refractivity (Wildman–Crippen MR) is 184 cm³/mol. The number of aliphatic hydroxyl groups is 1. The van der Waals surface area contributed by atoms with Gasteiger partial charge in [-0.3, -0.25) is 14.4 Å². The Labute approximate surface area is 290 Å². The van der Waals surface area contributed by atoms with E-state index < -0.39 is 41.6 Å². The van der Waals surface area contributed by atoms with E-state index in [9.17, 15) is 19.5 Å². The number of rotatable bonds is 6. The number of benzene rings is 3. The number of nitrogens with zero attached hydrogens (tertiary/aromatic N) is 1. The molecule has 1 aromatic heterocycles. The second kappa shape index (κ2) is 12.0. The molecule has 0 radical (unpaired) electrons. The van der Waals surface area contributed by atoms with E-state index in [4.69, 9.17) is 14.1 Å². The fourth-order valence-electron chi connectivity index (χ4n) is 7.95. The lowest BCUT2D eigenvalue weighted by Crippen LogP contribution is -2.52. The molecule has 258 valence electrons. The third-order valence-corrected chi connectivity index (χ3v) is 10.6. The topological polar surface area (TPSA) is 155 Å². The Bertz CT molecular complexity index is 2020. The van der Waals surface area contributed by atoms with Gasteiger partial charge in [0, 0.05) is 17.7 Å². The molecule has 11 heteroatoms. The number of hydrogen-bond donors (Lipinski definition) is 5. The number of amides is 3. The normalized spacial score (nSPS) is 24.9. The molecule has 3 aliphatic heterocycles. The van der Waals surface area contributed by atoms with Gasteiger partial charge in [-0.2, -0.15) is 0 Å². The van der Waals surface area contributed by atoms with Crippen LogP contribution in [0.15, 0.2) is 71.1 Å². The van der Waals surface area contributed by atoms with E-state index in [2.05, 4.69) is 27.3 Å². The van der Waals surface area contributed by atoms with Crippen LogP contribution in [0.2, 0.25) is 0 Å². The van der Waals surface area contributed by atoms with Crippen LogP contribution in [0.25, 0.3) is 0 Å². The summed E-state index contributed by atoms with van der Waals surface area (Å²) >= 11 is 0. The van der Waals surface area contributed by atoms with Crippen LogP contribution in [-0.2, 0) is 27.8 Å². The SMILES string of the molecule is CC(C)[C@H](O)C(=O)N[C@H]1Cc2ccc3c(c2)[C@@]2(c4ccccc4NC2O3)c2oc(nc2C(=O)NC2CCc3ccccc32)[C@H](C(C)C)NC1=O. The lowest BCUT2D eigenvalue weighted by Gasteiger charge is -2.29. The molecule has 8 rings (SSSR count). The van der Waals surface area contributed by atoms with Gasteiger partial charge in [-0.25, -0.2) is 4.98 Å². The highest BCUT2D eigenvalue weighted by molar-refractivity contribution is 5.95. The van der Waals surface area contributed by atoms with Crippen molar-refractivity contribution in [1.82, 2.24) is 20.9 Å². The molecule has 1 spiro atoms. The van der Waals surface area contributed by atoms with Crippen molar-refractivity contribution >= 4 is 23.4 Å². The van der Waals surface area contributed by atoms with Gasteiger partial charge in [-0.05, 0) is 59.1 Å². The lowest BCUT2D eigenvalue weighted by molar-refractivity contribution is -0.135. The summed E-state index contributed by atoms with van der Waals surface area (Å²) in [6, 6.07) is 19.7. The Morgan fingerprint density at radius 1 is 0.960 bits per heavy atom. The van der Waals surface area contributed by atoms with Gasteiger partial charge in [0.15, 0.2) is 17.7 Å². The number of anilines is 1. The average Bonchev–Trinajstić information content (AvgIpc) is 3.86. The van der Waals surface area contributed by atoms with Crippen LogP contribution in [0.4, 0.5) is 5.69 Å². The number of oxazole rings is 1. The largest absolute Gasteiger partial charge is 0.469 e. The van der Waals surface area contributed by atoms with Crippen molar-refractivity contribution in [2.75, 3.05) is 5.32 Å². The predicted octanol–water partition coefficient (Wildman–Crippen LogP) is 4.44. The van der Waals surface area contributed by atoms with E-state index >= 15 is 0 Å². The van der Waals surface area contributed by atoms with Crippen molar-refractivity contribution in [3.05, 3.63) is 112 Å². The Kier molecular flexibility index (Phi) is 7.70. The van der Waals surface area contributed by atoms with Crippen LogP contribution >= 0.6 is 0 Å². The van der Waals surface area contributed by atoms with Crippen molar-refractivity contribution in [3.8, 4) is 5.75 Å². The minimum Gasteiger partial charge on any atom is -0.469 e. The van der Waals surface area contributed by atoms with Gasteiger partial charge in [0.1, 0.15) is 29.4 Å². The molecule has 4 aliphatic rings. The molecule has 4 bridgehead atoms. The summed E-state index contributed by atoms with van der Waals surface area (Å²) in [4.78, 5) is 46.6. The summed E-state index contributed by atoms with van der Waals surface area (Å²) in [5.74, 6) is -0.907. The van der Waals surface area contributed by atoms with Crippen molar-refractivity contribution in [1.29, 1.82) is 0 Å². The van der Waals surface area contributed by atoms with E-state index in [1.54, 1.807) is 13.8 Å². The molecule has 50 heavy (non-hydrogen) atoms. The van der Waals surface area contributed by atoms with Crippen LogP contribution in [0.3, 0.4) is 0 Å². The standard InChI is InChI=1S/C39H41N5O6/c1-19(2)30-37-44-31(35(47)40-26-15-14-22-9-5-6-10-23(22)26)33(50-37)39-24-11-7-8-12-27(24)42-38(39)49-29-16-13-21(17-25(29)39)18-28(34(46)43-30)41-36(48)32(45)20(3)4/h5-13,16-17,19-20,26,28,30,32,38,42,45H,14-15,18H2,1-4H3,(H,40,47)(H,41,48)(H,43,46)/t26?,28-,30-,32-,38?,39-/m0/s1. The van der Waals surface area contributed by atoms with E-state index in [0.29, 0.717) is 11.5 Å². The third kappa shape index (κ3) is 4.97. The molecule has 3 aromatic carbocycles. The van der Waals surface area contributed by atoms with Crippen LogP contribution < -0.4 is 26.0 Å². The quantitative estimate of drug-likeness (QED) is 0.201. The zero-order valence-corrected chi connectivity index (χ0v) is 28.4. The number of aromatic nitrogens is 1. The fraction of sp³-hybridized carbons (Fsp3) is 0.385. The van der Waals surface area contributed by atoms with Gasteiger partial charge in [-0.1, -0.05) is 82.3 Å². The highest BCUT2D eigenvalue weighted by Gasteiger charge is 2.61. The molecule has 3 amide bonds. The zero-order valence-electron chi connectivity index (χ0n) is 28.4. The zero-order chi connectivity index (χ0) is 34.9. The number of aliphatic hydroxyl groups excluding tert-OH is 1. The molecular weight excluding hydrogens is 634 g/mol. The Hall–Kier alpha value is -5.16. The number of ether oxygens (including phenoxy) is 1. The van der Waals surface area contributed by atoms with Gasteiger partial charge >= 0.3 is 0 Å². The summed E-state index contributed by atoms with van der Waals surface area (Å²) < 4.78 is 13.4. The fourth-order valence-corrected chi connectivity index (χ4v) is 7.95. The Balaban J connectivity index is 1.31. The minimum absolute atomic E-state index is 0.124. The molecule has 2 unspecified atom stereocenters. The summed E-state index contributed by atoms with van der Waals surface area (Å²) in [6.45, 7) is 7.34. The molecule has 11 nitrogen and oxygen atoms in total.